The summed E-state index contributed by atoms with van der Waals surface area (Å²) >= 11 is 0. The van der Waals surface area contributed by atoms with Gasteiger partial charge in [0.05, 0.1) is 16.3 Å². The van der Waals surface area contributed by atoms with E-state index in [0.717, 1.165) is 27.8 Å². The molecule has 26 heavy (non-hydrogen) atoms. The Bertz CT molecular complexity index is 997. The summed E-state index contributed by atoms with van der Waals surface area (Å²) in [6.07, 6.45) is 0. The van der Waals surface area contributed by atoms with Crippen LogP contribution in [-0.2, 0) is 14.8 Å². The number of rotatable bonds is 3. The first-order valence-corrected chi connectivity index (χ1v) is 9.76. The van der Waals surface area contributed by atoms with E-state index in [9.17, 15) is 13.2 Å². The number of fused-ring (bicyclic) bond motifs is 1. The minimum atomic E-state index is -3.78. The average Bonchev–Trinajstić information content (AvgIpc) is 2.57. The Balaban J connectivity index is 2.04. The van der Waals surface area contributed by atoms with Gasteiger partial charge in [-0.15, -0.1) is 0 Å². The highest BCUT2D eigenvalue weighted by atomic mass is 32.2. The molecule has 1 aliphatic rings. The fraction of sp³-hybridized carbons (Fsp3) is 0.316. The fourth-order valence-corrected chi connectivity index (χ4v) is 4.87. The number of ether oxygens (including phenoxy) is 1. The fourth-order valence-electron chi connectivity index (χ4n) is 3.22. The highest BCUT2D eigenvalue weighted by molar-refractivity contribution is 7.92. The SMILES string of the molecule is Cc1c(C)c(C)c(S(=O)(=O)Nc2ccc3c(c2)NC(=O)CO3)c(C)c1C. The number of nitrogens with one attached hydrogen (secondary N) is 2. The summed E-state index contributed by atoms with van der Waals surface area (Å²) in [5, 5.41) is 2.68. The zero-order valence-corrected chi connectivity index (χ0v) is 16.3. The van der Waals surface area contributed by atoms with Crippen molar-refractivity contribution >= 4 is 27.3 Å². The zero-order chi connectivity index (χ0) is 19.2. The maximum absolute atomic E-state index is 13.1. The average molecular weight is 374 g/mol. The first-order chi connectivity index (χ1) is 12.1. The Morgan fingerprint density at radius 3 is 2.15 bits per heavy atom. The Morgan fingerprint density at radius 1 is 0.962 bits per heavy atom. The van der Waals surface area contributed by atoms with Crippen molar-refractivity contribution in [2.45, 2.75) is 39.5 Å². The highest BCUT2D eigenvalue weighted by Crippen LogP contribution is 2.33. The van der Waals surface area contributed by atoms with E-state index in [0.29, 0.717) is 22.0 Å². The molecule has 0 atom stereocenters. The van der Waals surface area contributed by atoms with Crippen LogP contribution in [0.15, 0.2) is 23.1 Å². The van der Waals surface area contributed by atoms with Crippen LogP contribution in [0, 0.1) is 34.6 Å². The third-order valence-corrected chi connectivity index (χ3v) is 6.72. The molecule has 0 aliphatic carbocycles. The number of sulfonamides is 1. The van der Waals surface area contributed by atoms with Crippen LogP contribution < -0.4 is 14.8 Å². The Hall–Kier alpha value is -2.54. The van der Waals surface area contributed by atoms with E-state index >= 15 is 0 Å². The molecule has 0 fully saturated rings. The van der Waals surface area contributed by atoms with E-state index < -0.39 is 10.0 Å². The van der Waals surface area contributed by atoms with Crippen LogP contribution in [0.3, 0.4) is 0 Å². The number of anilines is 2. The summed E-state index contributed by atoms with van der Waals surface area (Å²) in [4.78, 5) is 11.8. The van der Waals surface area contributed by atoms with Crippen molar-refractivity contribution in [3.63, 3.8) is 0 Å². The van der Waals surface area contributed by atoms with Gasteiger partial charge in [-0.05, 0) is 80.6 Å². The van der Waals surface area contributed by atoms with Gasteiger partial charge in [0.1, 0.15) is 5.75 Å². The van der Waals surface area contributed by atoms with Gasteiger partial charge in [-0.1, -0.05) is 0 Å². The maximum atomic E-state index is 13.1. The third kappa shape index (κ3) is 3.03. The van der Waals surface area contributed by atoms with Crippen molar-refractivity contribution in [3.05, 3.63) is 46.0 Å². The number of hydrogen-bond donors (Lipinski definition) is 2. The number of benzene rings is 2. The zero-order valence-electron chi connectivity index (χ0n) is 15.5. The topological polar surface area (TPSA) is 84.5 Å². The molecule has 0 saturated carbocycles. The minimum absolute atomic E-state index is 0.0433. The summed E-state index contributed by atoms with van der Waals surface area (Å²) in [5.74, 6) is 0.246. The molecule has 6 nitrogen and oxygen atoms in total. The summed E-state index contributed by atoms with van der Waals surface area (Å²) in [6.45, 7) is 9.47. The van der Waals surface area contributed by atoms with E-state index in [1.54, 1.807) is 18.2 Å². The summed E-state index contributed by atoms with van der Waals surface area (Å²) in [5.41, 5.74) is 5.35. The van der Waals surface area contributed by atoms with E-state index in [1.807, 2.05) is 34.6 Å². The predicted molar refractivity (Wildman–Crippen MR) is 102 cm³/mol. The molecule has 1 heterocycles. The number of amides is 1. The van der Waals surface area contributed by atoms with E-state index in [1.165, 1.54) is 0 Å². The standard InChI is InChI=1S/C19H22N2O4S/c1-10-11(2)13(4)19(14(5)12(10)3)26(23,24)21-15-6-7-17-16(8-15)20-18(22)9-25-17/h6-8,21H,9H2,1-5H3,(H,20,22). The minimum Gasteiger partial charge on any atom is -0.482 e. The van der Waals surface area contributed by atoms with Gasteiger partial charge in [-0.3, -0.25) is 9.52 Å². The molecule has 7 heteroatoms. The molecule has 138 valence electrons. The van der Waals surface area contributed by atoms with Crippen LogP contribution in [0.4, 0.5) is 11.4 Å². The van der Waals surface area contributed by atoms with Crippen molar-refractivity contribution in [2.24, 2.45) is 0 Å². The predicted octanol–water partition coefficient (Wildman–Crippen LogP) is 3.36. The van der Waals surface area contributed by atoms with Crippen molar-refractivity contribution in [1.82, 2.24) is 0 Å². The molecule has 0 spiro atoms. The molecular formula is C19H22N2O4S. The first kappa shape index (κ1) is 18.3. The van der Waals surface area contributed by atoms with Crippen LogP contribution in [0.1, 0.15) is 27.8 Å². The lowest BCUT2D eigenvalue weighted by Crippen LogP contribution is -2.25. The highest BCUT2D eigenvalue weighted by Gasteiger charge is 2.24. The first-order valence-electron chi connectivity index (χ1n) is 8.28. The molecule has 0 radical (unpaired) electrons. The summed E-state index contributed by atoms with van der Waals surface area (Å²) < 4.78 is 34.0. The summed E-state index contributed by atoms with van der Waals surface area (Å²) in [7, 11) is -3.78. The van der Waals surface area contributed by atoms with Crippen molar-refractivity contribution in [2.75, 3.05) is 16.6 Å². The van der Waals surface area contributed by atoms with Gasteiger partial charge in [0.25, 0.3) is 15.9 Å². The Kier molecular flexibility index (Phi) is 4.44. The number of carbonyl (C=O) groups excluding carboxylic acids is 1. The molecule has 1 amide bonds. The van der Waals surface area contributed by atoms with E-state index in [4.69, 9.17) is 4.74 Å². The molecule has 2 aromatic carbocycles. The lowest BCUT2D eigenvalue weighted by molar-refractivity contribution is -0.118. The Morgan fingerprint density at radius 2 is 1.54 bits per heavy atom. The molecule has 2 aromatic rings. The van der Waals surface area contributed by atoms with Gasteiger partial charge in [0.2, 0.25) is 0 Å². The largest absolute Gasteiger partial charge is 0.482 e. The number of carbonyl (C=O) groups is 1. The molecule has 0 unspecified atom stereocenters. The second kappa shape index (κ2) is 6.32. The quantitative estimate of drug-likeness (QED) is 0.863. The smallest absolute Gasteiger partial charge is 0.262 e. The van der Waals surface area contributed by atoms with Gasteiger partial charge < -0.3 is 10.1 Å². The molecule has 0 saturated heterocycles. The normalized spacial score (nSPS) is 13.7. The molecule has 0 bridgehead atoms. The second-order valence-corrected chi connectivity index (χ2v) is 8.23. The van der Waals surface area contributed by atoms with Gasteiger partial charge in [0, 0.05) is 0 Å². The lowest BCUT2D eigenvalue weighted by atomic mass is 9.95. The monoisotopic (exact) mass is 374 g/mol. The van der Waals surface area contributed by atoms with Gasteiger partial charge in [-0.25, -0.2) is 8.42 Å². The van der Waals surface area contributed by atoms with Gasteiger partial charge >= 0.3 is 0 Å². The van der Waals surface area contributed by atoms with Crippen molar-refractivity contribution in [3.8, 4) is 5.75 Å². The maximum Gasteiger partial charge on any atom is 0.262 e. The van der Waals surface area contributed by atoms with Crippen molar-refractivity contribution in [1.29, 1.82) is 0 Å². The molecule has 1 aliphatic heterocycles. The van der Waals surface area contributed by atoms with Crippen LogP contribution in [0.2, 0.25) is 0 Å². The van der Waals surface area contributed by atoms with E-state index in [-0.39, 0.29) is 12.5 Å². The van der Waals surface area contributed by atoms with Gasteiger partial charge in [0.15, 0.2) is 6.61 Å². The number of hydrogen-bond acceptors (Lipinski definition) is 4. The van der Waals surface area contributed by atoms with Crippen LogP contribution in [0.5, 0.6) is 5.75 Å². The Labute approximate surface area is 153 Å². The molecule has 3 rings (SSSR count). The van der Waals surface area contributed by atoms with Crippen LogP contribution >= 0.6 is 0 Å². The second-order valence-electron chi connectivity index (χ2n) is 6.61. The van der Waals surface area contributed by atoms with Gasteiger partial charge in [-0.2, -0.15) is 0 Å². The molecule has 2 N–H and O–H groups in total. The summed E-state index contributed by atoms with van der Waals surface area (Å²) in [6, 6.07) is 4.81. The van der Waals surface area contributed by atoms with Crippen molar-refractivity contribution < 1.29 is 17.9 Å². The van der Waals surface area contributed by atoms with Crippen LogP contribution in [-0.4, -0.2) is 20.9 Å². The lowest BCUT2D eigenvalue weighted by Gasteiger charge is -2.21. The molecular weight excluding hydrogens is 352 g/mol. The molecule has 0 aromatic heterocycles. The van der Waals surface area contributed by atoms with Crippen LogP contribution in [0.25, 0.3) is 0 Å². The van der Waals surface area contributed by atoms with E-state index in [2.05, 4.69) is 10.0 Å². The third-order valence-electron chi connectivity index (χ3n) is 5.06.